The van der Waals surface area contributed by atoms with Gasteiger partial charge in [-0.05, 0) is 97.1 Å². The predicted molar refractivity (Wildman–Crippen MR) is 210 cm³/mol. The van der Waals surface area contributed by atoms with E-state index in [1.807, 2.05) is 146 Å². The van der Waals surface area contributed by atoms with E-state index in [9.17, 15) is 10.5 Å². The van der Waals surface area contributed by atoms with Gasteiger partial charge in [0.15, 0.2) is 11.2 Å². The Balaban J connectivity index is 1.52. The molecular formula is C44H24Cl2N4O2. The summed E-state index contributed by atoms with van der Waals surface area (Å²) < 4.78 is 13.9. The first-order valence-corrected chi connectivity index (χ1v) is 17.2. The van der Waals surface area contributed by atoms with Crippen LogP contribution in [0.1, 0.15) is 11.1 Å². The maximum atomic E-state index is 9.67. The Labute approximate surface area is 308 Å². The van der Waals surface area contributed by atoms with Gasteiger partial charge in [0.2, 0.25) is 0 Å². The Morgan fingerprint density at radius 3 is 1.17 bits per heavy atom. The largest absolute Gasteiger partial charge is 0.454 e. The molecule has 0 N–H and O–H groups in total. The van der Waals surface area contributed by atoms with Crippen molar-refractivity contribution in [3.63, 3.8) is 0 Å². The summed E-state index contributed by atoms with van der Waals surface area (Å²) in [7, 11) is 0. The van der Waals surface area contributed by atoms with Crippen LogP contribution in [0.3, 0.4) is 0 Å². The Morgan fingerprint density at radius 1 is 0.442 bits per heavy atom. The first-order valence-electron chi connectivity index (χ1n) is 16.4. The van der Waals surface area contributed by atoms with E-state index in [4.69, 9.17) is 32.0 Å². The molecule has 0 aliphatic heterocycles. The maximum Gasteiger partial charge on any atom is 0.162 e. The average molecular weight is 712 g/mol. The molecule has 0 unspecified atom stereocenters. The first kappa shape index (κ1) is 31.3. The highest BCUT2D eigenvalue weighted by atomic mass is 35.5. The van der Waals surface area contributed by atoms with E-state index in [1.54, 1.807) is 0 Å². The van der Waals surface area contributed by atoms with Crippen LogP contribution in [0.25, 0.3) is 43.9 Å². The fourth-order valence-electron chi connectivity index (χ4n) is 6.94. The Morgan fingerprint density at radius 2 is 0.808 bits per heavy atom. The van der Waals surface area contributed by atoms with Crippen LogP contribution in [0.5, 0.6) is 0 Å². The molecule has 2 aromatic heterocycles. The fraction of sp³-hybridized carbons (Fsp3) is 0. The number of halogens is 2. The van der Waals surface area contributed by atoms with Crippen LogP contribution < -0.4 is 9.80 Å². The van der Waals surface area contributed by atoms with Crippen LogP contribution in [0.4, 0.5) is 34.1 Å². The number of furan rings is 2. The van der Waals surface area contributed by atoms with E-state index < -0.39 is 0 Å². The fourth-order valence-corrected chi connectivity index (χ4v) is 7.26. The van der Waals surface area contributed by atoms with E-state index in [0.717, 1.165) is 55.7 Å². The highest BCUT2D eigenvalue weighted by Crippen LogP contribution is 2.56. The molecule has 0 saturated heterocycles. The van der Waals surface area contributed by atoms with E-state index in [1.165, 1.54) is 0 Å². The van der Waals surface area contributed by atoms with Gasteiger partial charge in [-0.15, -0.1) is 0 Å². The van der Waals surface area contributed by atoms with Crippen LogP contribution in [0.15, 0.2) is 154 Å². The van der Waals surface area contributed by atoms with Crippen molar-refractivity contribution in [2.75, 3.05) is 9.80 Å². The summed E-state index contributed by atoms with van der Waals surface area (Å²) in [5.74, 6) is 0. The molecular weight excluding hydrogens is 687 g/mol. The van der Waals surface area contributed by atoms with Crippen molar-refractivity contribution in [3.8, 4) is 12.1 Å². The van der Waals surface area contributed by atoms with Gasteiger partial charge in [0.05, 0.1) is 34.0 Å². The zero-order valence-corrected chi connectivity index (χ0v) is 28.7. The van der Waals surface area contributed by atoms with Gasteiger partial charge in [-0.3, -0.25) is 0 Å². The summed E-state index contributed by atoms with van der Waals surface area (Å²) in [6.07, 6.45) is 0. The van der Waals surface area contributed by atoms with Gasteiger partial charge in [0.1, 0.15) is 22.5 Å². The minimum Gasteiger partial charge on any atom is -0.454 e. The Bertz CT molecular complexity index is 2690. The molecule has 0 saturated carbocycles. The average Bonchev–Trinajstić information content (AvgIpc) is 3.75. The molecule has 9 aromatic rings. The summed E-state index contributed by atoms with van der Waals surface area (Å²) in [5, 5.41) is 23.7. The van der Waals surface area contributed by atoms with Gasteiger partial charge in [0, 0.05) is 55.7 Å². The van der Waals surface area contributed by atoms with Crippen molar-refractivity contribution in [1.29, 1.82) is 10.5 Å². The van der Waals surface area contributed by atoms with Gasteiger partial charge in [-0.1, -0.05) is 59.6 Å². The van der Waals surface area contributed by atoms with Crippen LogP contribution in [-0.2, 0) is 0 Å². The number of benzene rings is 7. The standard InChI is InChI=1S/C44H24Cl2N4O2/c45-29-15-21-35-37(23-29)52-44-39(35)41(49(31-7-3-1-4-8-31)33-17-11-27(25-47)12-18-33)43-40(36-22-16-30(46)24-38(36)51-43)42(44)50(32-9-5-2-6-10-32)34-19-13-28(26-48)14-20-34/h1-24H. The number of nitriles is 2. The normalized spacial score (nSPS) is 11.2. The van der Waals surface area contributed by atoms with Crippen LogP contribution in [-0.4, -0.2) is 0 Å². The molecule has 0 atom stereocenters. The van der Waals surface area contributed by atoms with Crippen molar-refractivity contribution in [2.24, 2.45) is 0 Å². The van der Waals surface area contributed by atoms with Crippen molar-refractivity contribution < 1.29 is 8.83 Å². The quantitative estimate of drug-likeness (QED) is 0.160. The molecule has 9 rings (SSSR count). The van der Waals surface area contributed by atoms with Crippen molar-refractivity contribution in [3.05, 3.63) is 167 Å². The third kappa shape index (κ3) is 5.10. The predicted octanol–water partition coefficient (Wildman–Crippen LogP) is 13.5. The van der Waals surface area contributed by atoms with E-state index >= 15 is 0 Å². The summed E-state index contributed by atoms with van der Waals surface area (Å²) in [5.41, 5.74) is 8.35. The maximum absolute atomic E-state index is 9.67. The molecule has 0 aliphatic rings. The number of hydrogen-bond donors (Lipinski definition) is 0. The van der Waals surface area contributed by atoms with Crippen molar-refractivity contribution in [1.82, 2.24) is 0 Å². The number of anilines is 6. The first-order chi connectivity index (χ1) is 25.5. The minimum atomic E-state index is 0.539. The summed E-state index contributed by atoms with van der Waals surface area (Å²) in [4.78, 5) is 4.27. The molecule has 7 aromatic carbocycles. The highest BCUT2D eigenvalue weighted by Gasteiger charge is 2.32. The monoisotopic (exact) mass is 710 g/mol. The van der Waals surface area contributed by atoms with Gasteiger partial charge in [-0.25, -0.2) is 0 Å². The number of para-hydroxylation sites is 2. The molecule has 0 spiro atoms. The molecule has 0 radical (unpaired) electrons. The molecule has 52 heavy (non-hydrogen) atoms. The molecule has 0 amide bonds. The van der Waals surface area contributed by atoms with Crippen LogP contribution >= 0.6 is 23.2 Å². The lowest BCUT2D eigenvalue weighted by Gasteiger charge is -2.30. The minimum absolute atomic E-state index is 0.539. The lowest BCUT2D eigenvalue weighted by molar-refractivity contribution is 0.664. The van der Waals surface area contributed by atoms with E-state index in [-0.39, 0.29) is 0 Å². The third-order valence-electron chi connectivity index (χ3n) is 9.19. The molecule has 246 valence electrons. The van der Waals surface area contributed by atoms with Crippen molar-refractivity contribution >= 4 is 101 Å². The van der Waals surface area contributed by atoms with E-state index in [0.29, 0.717) is 43.5 Å². The number of hydrogen-bond acceptors (Lipinski definition) is 6. The molecule has 0 bridgehead atoms. The zero-order valence-electron chi connectivity index (χ0n) is 27.2. The summed E-state index contributed by atoms with van der Waals surface area (Å²) >= 11 is 13.2. The molecule has 0 aliphatic carbocycles. The van der Waals surface area contributed by atoms with Gasteiger partial charge in [0.25, 0.3) is 0 Å². The van der Waals surface area contributed by atoms with Gasteiger partial charge < -0.3 is 18.6 Å². The van der Waals surface area contributed by atoms with Gasteiger partial charge in [-0.2, -0.15) is 10.5 Å². The SMILES string of the molecule is N#Cc1ccc(N(c2ccccc2)c2c3oc4cc(Cl)ccc4c3c(N(c3ccccc3)c3ccc(C#N)cc3)c3oc4cc(Cl)ccc4c23)cc1. The van der Waals surface area contributed by atoms with Crippen molar-refractivity contribution in [2.45, 2.75) is 0 Å². The number of rotatable bonds is 6. The second kappa shape index (κ2) is 12.6. The zero-order chi connectivity index (χ0) is 35.3. The molecule has 2 heterocycles. The molecule has 8 heteroatoms. The number of fused-ring (bicyclic) bond motifs is 6. The summed E-state index contributed by atoms with van der Waals surface area (Å²) in [6.45, 7) is 0. The Hall–Kier alpha value is -6.70. The third-order valence-corrected chi connectivity index (χ3v) is 9.66. The second-order valence-corrected chi connectivity index (χ2v) is 13.1. The lowest BCUT2D eigenvalue weighted by Crippen LogP contribution is -2.14. The second-order valence-electron chi connectivity index (χ2n) is 12.2. The smallest absolute Gasteiger partial charge is 0.162 e. The lowest BCUT2D eigenvalue weighted by atomic mass is 10.00. The van der Waals surface area contributed by atoms with Crippen LogP contribution in [0, 0.1) is 22.7 Å². The molecule has 6 nitrogen and oxygen atoms in total. The van der Waals surface area contributed by atoms with Gasteiger partial charge >= 0.3 is 0 Å². The number of nitrogens with zero attached hydrogens (tertiary/aromatic N) is 4. The highest BCUT2D eigenvalue weighted by molar-refractivity contribution is 6.35. The Kier molecular flexibility index (Phi) is 7.56. The summed E-state index contributed by atoms with van der Waals surface area (Å²) in [6, 6.07) is 50.8. The topological polar surface area (TPSA) is 80.3 Å². The molecule has 0 fully saturated rings. The van der Waals surface area contributed by atoms with E-state index in [2.05, 4.69) is 21.9 Å². The van der Waals surface area contributed by atoms with Crippen LogP contribution in [0.2, 0.25) is 10.0 Å².